The Morgan fingerprint density at radius 3 is 1.76 bits per heavy atom. The molecule has 16 nitrogen and oxygen atoms in total. The summed E-state index contributed by atoms with van der Waals surface area (Å²) in [4.78, 5) is 0. The van der Waals surface area contributed by atoms with Crippen LogP contribution in [-0.2, 0) is 33.2 Å². The third-order valence-corrected chi connectivity index (χ3v) is 8.49. The van der Waals surface area contributed by atoms with Crippen molar-refractivity contribution < 1.29 is 79.1 Å². The van der Waals surface area contributed by atoms with Crippen molar-refractivity contribution >= 4 is 0 Å². The van der Waals surface area contributed by atoms with Crippen LogP contribution in [0.1, 0.15) is 47.0 Å². The van der Waals surface area contributed by atoms with E-state index < -0.39 is 123 Å². The maximum atomic E-state index is 11.2. The monoisotopic (exact) mass is 670 g/mol. The Balaban J connectivity index is 1.92. The molecule has 3 aliphatic rings. The van der Waals surface area contributed by atoms with Crippen molar-refractivity contribution in [1.82, 2.24) is 0 Å². The standard InChI is InChI=1S/C30H54O16/c1-6-7-8-9-10-40-30(4,5)27-25(21(37)18(34)15(11-31)42-27)45-29-26(22(38)19(35)16(12-32)44-29)46-28-23(39)24(41-14(2)3)20(36)17(13-33)43-28/h6,14-29,31-39H,1,7-13H2,2-5H3/t15?,16?,17?,18-,19-,20-,21?,22?,23?,24?,25?,26?,27+,28+,29-/m1/s1. The first kappa shape index (κ1) is 39.5. The zero-order valence-corrected chi connectivity index (χ0v) is 26.9. The topological polar surface area (TPSA) is 247 Å². The van der Waals surface area contributed by atoms with Crippen LogP contribution in [0, 0.1) is 0 Å². The van der Waals surface area contributed by atoms with E-state index >= 15 is 0 Å². The van der Waals surface area contributed by atoms with Crippen LogP contribution < -0.4 is 0 Å². The molecule has 16 heteroatoms. The predicted molar refractivity (Wildman–Crippen MR) is 157 cm³/mol. The van der Waals surface area contributed by atoms with Gasteiger partial charge in [-0.25, -0.2) is 0 Å². The zero-order chi connectivity index (χ0) is 34.3. The molecule has 3 saturated heterocycles. The molecule has 270 valence electrons. The van der Waals surface area contributed by atoms with Gasteiger partial charge in [-0.2, -0.15) is 0 Å². The van der Waals surface area contributed by atoms with Crippen molar-refractivity contribution in [2.75, 3.05) is 26.4 Å². The SMILES string of the molecule is C=CCCCCOC(C)(C)[C@H]1OC(CO)[C@@H](O)C(O)C1O[C@H]1OC(CO)[C@@H](O)C(O)C1O[C@@H]1OC(CO)[C@@H](O)C(OC(C)C)C1O. The Labute approximate surface area is 269 Å². The maximum absolute atomic E-state index is 11.2. The Kier molecular flexibility index (Phi) is 15.2. The number of rotatable bonds is 16. The van der Waals surface area contributed by atoms with Crippen molar-refractivity contribution in [1.29, 1.82) is 0 Å². The third-order valence-electron chi connectivity index (χ3n) is 8.49. The normalized spacial score (nSPS) is 42.3. The van der Waals surface area contributed by atoms with E-state index in [1.165, 1.54) is 0 Å². The fraction of sp³-hybridized carbons (Fsp3) is 0.933. The van der Waals surface area contributed by atoms with Gasteiger partial charge in [0.1, 0.15) is 79.4 Å². The van der Waals surface area contributed by atoms with Crippen LogP contribution in [0.3, 0.4) is 0 Å². The van der Waals surface area contributed by atoms with E-state index in [1.54, 1.807) is 33.8 Å². The lowest BCUT2D eigenvalue weighted by Gasteiger charge is -2.51. The quantitative estimate of drug-likeness (QED) is 0.0589. The zero-order valence-electron chi connectivity index (χ0n) is 26.9. The molecule has 3 rings (SSSR count). The van der Waals surface area contributed by atoms with Crippen LogP contribution >= 0.6 is 0 Å². The Morgan fingerprint density at radius 1 is 0.674 bits per heavy atom. The van der Waals surface area contributed by atoms with Gasteiger partial charge < -0.3 is 79.1 Å². The summed E-state index contributed by atoms with van der Waals surface area (Å²) in [5, 5.41) is 95.0. The van der Waals surface area contributed by atoms with Crippen LogP contribution in [0.25, 0.3) is 0 Å². The molecule has 0 radical (unpaired) electrons. The maximum Gasteiger partial charge on any atom is 0.187 e. The number of unbranched alkanes of at least 4 members (excludes halogenated alkanes) is 2. The van der Waals surface area contributed by atoms with Gasteiger partial charge in [0, 0.05) is 6.61 Å². The molecular formula is C30H54O16. The molecule has 0 aliphatic carbocycles. The van der Waals surface area contributed by atoms with Crippen LogP contribution in [0.4, 0.5) is 0 Å². The molecule has 3 fully saturated rings. The van der Waals surface area contributed by atoms with Gasteiger partial charge in [-0.05, 0) is 47.0 Å². The third kappa shape index (κ3) is 9.20. The minimum atomic E-state index is -1.82. The lowest BCUT2D eigenvalue weighted by molar-refractivity contribution is -0.388. The summed E-state index contributed by atoms with van der Waals surface area (Å²) < 4.78 is 41.2. The molecule has 0 aromatic rings. The predicted octanol–water partition coefficient (Wildman–Crippen LogP) is -2.94. The first-order valence-corrected chi connectivity index (χ1v) is 15.8. The van der Waals surface area contributed by atoms with Crippen LogP contribution in [0.2, 0.25) is 0 Å². The van der Waals surface area contributed by atoms with E-state index in [2.05, 4.69) is 6.58 Å². The molecule has 0 spiro atoms. The summed E-state index contributed by atoms with van der Waals surface area (Å²) in [5.74, 6) is 0. The highest BCUT2D eigenvalue weighted by atomic mass is 16.8. The number of aliphatic hydroxyl groups is 9. The van der Waals surface area contributed by atoms with Gasteiger partial charge in [0.2, 0.25) is 0 Å². The summed E-state index contributed by atoms with van der Waals surface area (Å²) in [6, 6.07) is 0. The smallest absolute Gasteiger partial charge is 0.187 e. The second-order valence-electron chi connectivity index (χ2n) is 12.8. The minimum Gasteiger partial charge on any atom is -0.394 e. The highest BCUT2D eigenvalue weighted by Crippen LogP contribution is 2.37. The molecule has 0 bridgehead atoms. The second kappa shape index (κ2) is 17.7. The van der Waals surface area contributed by atoms with Crippen molar-refractivity contribution in [3.8, 4) is 0 Å². The molecule has 3 aliphatic heterocycles. The molecule has 0 aromatic heterocycles. The van der Waals surface area contributed by atoms with Crippen LogP contribution in [-0.4, -0.2) is 176 Å². The van der Waals surface area contributed by atoms with Crippen molar-refractivity contribution in [3.63, 3.8) is 0 Å². The molecule has 0 saturated carbocycles. The van der Waals surface area contributed by atoms with E-state index in [9.17, 15) is 46.0 Å². The highest BCUT2D eigenvalue weighted by molar-refractivity contribution is 5.01. The highest BCUT2D eigenvalue weighted by Gasteiger charge is 2.56. The number of aliphatic hydroxyl groups excluding tert-OH is 9. The van der Waals surface area contributed by atoms with Gasteiger partial charge in [-0.15, -0.1) is 6.58 Å². The molecule has 46 heavy (non-hydrogen) atoms. The fourth-order valence-electron chi connectivity index (χ4n) is 5.87. The number of hydrogen-bond acceptors (Lipinski definition) is 16. The molecule has 0 aromatic carbocycles. The molecular weight excluding hydrogens is 616 g/mol. The van der Waals surface area contributed by atoms with E-state index in [-0.39, 0.29) is 0 Å². The number of allylic oxidation sites excluding steroid dienone is 1. The fourth-order valence-corrected chi connectivity index (χ4v) is 5.87. The largest absolute Gasteiger partial charge is 0.394 e. The van der Waals surface area contributed by atoms with E-state index in [1.807, 2.05) is 0 Å². The number of hydrogen-bond donors (Lipinski definition) is 9. The van der Waals surface area contributed by atoms with Crippen molar-refractivity contribution in [2.24, 2.45) is 0 Å². The minimum absolute atomic E-state index is 0.299. The van der Waals surface area contributed by atoms with Crippen LogP contribution in [0.15, 0.2) is 12.7 Å². The lowest BCUT2D eigenvalue weighted by atomic mass is 9.86. The van der Waals surface area contributed by atoms with Gasteiger partial charge in [0.25, 0.3) is 0 Å². The van der Waals surface area contributed by atoms with E-state index in [4.69, 9.17) is 33.2 Å². The first-order valence-electron chi connectivity index (χ1n) is 15.8. The van der Waals surface area contributed by atoms with Crippen LogP contribution in [0.5, 0.6) is 0 Å². The van der Waals surface area contributed by atoms with E-state index in [0.29, 0.717) is 13.0 Å². The van der Waals surface area contributed by atoms with Gasteiger partial charge in [-0.3, -0.25) is 0 Å². The first-order chi connectivity index (χ1) is 21.7. The van der Waals surface area contributed by atoms with Crippen molar-refractivity contribution in [2.45, 2.75) is 151 Å². The number of ether oxygens (including phenoxy) is 7. The van der Waals surface area contributed by atoms with Gasteiger partial charge in [0.05, 0.1) is 31.5 Å². The summed E-state index contributed by atoms with van der Waals surface area (Å²) in [6.45, 7) is 8.63. The molecule has 15 atom stereocenters. The Morgan fingerprint density at radius 2 is 1.20 bits per heavy atom. The molecule has 9 unspecified atom stereocenters. The van der Waals surface area contributed by atoms with Gasteiger partial charge >= 0.3 is 0 Å². The average molecular weight is 671 g/mol. The van der Waals surface area contributed by atoms with Gasteiger partial charge in [0.15, 0.2) is 12.6 Å². The lowest BCUT2D eigenvalue weighted by Crippen LogP contribution is -2.69. The van der Waals surface area contributed by atoms with Crippen molar-refractivity contribution in [3.05, 3.63) is 12.7 Å². The average Bonchev–Trinajstić information content (AvgIpc) is 3.01. The summed E-state index contributed by atoms with van der Waals surface area (Å²) in [7, 11) is 0. The molecule has 0 amide bonds. The Bertz CT molecular complexity index is 908. The molecule has 9 N–H and O–H groups in total. The summed E-state index contributed by atoms with van der Waals surface area (Å²) >= 11 is 0. The van der Waals surface area contributed by atoms with E-state index in [0.717, 1.165) is 12.8 Å². The van der Waals surface area contributed by atoms with Gasteiger partial charge in [-0.1, -0.05) is 6.08 Å². The summed E-state index contributed by atoms with van der Waals surface area (Å²) in [6.07, 6.45) is -19.0. The molecule has 3 heterocycles. The second-order valence-corrected chi connectivity index (χ2v) is 12.8. The Hall–Kier alpha value is -0.900. The summed E-state index contributed by atoms with van der Waals surface area (Å²) in [5.41, 5.74) is -1.18.